The van der Waals surface area contributed by atoms with Gasteiger partial charge in [0, 0.05) is 17.5 Å². The van der Waals surface area contributed by atoms with Crippen molar-refractivity contribution in [3.8, 4) is 28.5 Å². The number of hydrogen-bond acceptors (Lipinski definition) is 5. The number of amides is 1. The van der Waals surface area contributed by atoms with Gasteiger partial charge in [0.15, 0.2) is 0 Å². The monoisotopic (exact) mass is 427 g/mol. The molecule has 32 heavy (non-hydrogen) atoms. The lowest BCUT2D eigenvalue weighted by Gasteiger charge is -2.06. The second-order valence-corrected chi connectivity index (χ2v) is 7.43. The SMILES string of the molecule is O=C(CCCOc1ccc(-c2nc3ccc(-c4nc5ccccc5[nH]4)cc3[nH]2)cc1)NO. The van der Waals surface area contributed by atoms with E-state index in [0.717, 1.165) is 44.8 Å². The van der Waals surface area contributed by atoms with Gasteiger partial charge in [-0.15, -0.1) is 0 Å². The Kier molecular flexibility index (Phi) is 5.27. The molecule has 0 aliphatic rings. The summed E-state index contributed by atoms with van der Waals surface area (Å²) in [6, 6.07) is 21.6. The first kappa shape index (κ1) is 19.8. The summed E-state index contributed by atoms with van der Waals surface area (Å²) in [5, 5.41) is 8.49. The molecule has 1 amide bonds. The summed E-state index contributed by atoms with van der Waals surface area (Å²) >= 11 is 0. The van der Waals surface area contributed by atoms with Crippen LogP contribution in [-0.4, -0.2) is 37.7 Å². The van der Waals surface area contributed by atoms with Crippen molar-refractivity contribution in [1.29, 1.82) is 0 Å². The maximum absolute atomic E-state index is 11.0. The number of para-hydroxylation sites is 2. The summed E-state index contributed by atoms with van der Waals surface area (Å²) in [7, 11) is 0. The summed E-state index contributed by atoms with van der Waals surface area (Å²) in [6.07, 6.45) is 0.731. The molecule has 2 aromatic heterocycles. The van der Waals surface area contributed by atoms with E-state index in [0.29, 0.717) is 18.8 Å². The lowest BCUT2D eigenvalue weighted by atomic mass is 10.2. The number of carbonyl (C=O) groups is 1. The predicted octanol–water partition coefficient (Wildman–Crippen LogP) is 4.44. The first-order chi connectivity index (χ1) is 15.7. The third-order valence-electron chi connectivity index (χ3n) is 5.21. The zero-order chi connectivity index (χ0) is 21.9. The second-order valence-electron chi connectivity index (χ2n) is 7.43. The minimum Gasteiger partial charge on any atom is -0.494 e. The Balaban J connectivity index is 1.32. The van der Waals surface area contributed by atoms with E-state index in [2.05, 4.69) is 15.0 Å². The molecule has 0 atom stereocenters. The largest absolute Gasteiger partial charge is 0.494 e. The zero-order valence-corrected chi connectivity index (χ0v) is 17.1. The molecule has 0 aliphatic carbocycles. The Morgan fingerprint density at radius 2 is 1.56 bits per heavy atom. The molecule has 0 saturated carbocycles. The molecule has 2 heterocycles. The standard InChI is InChI=1S/C24H21N5O3/c30-22(29-31)6-3-13-32-17-10-7-15(8-11-17)23-27-20-12-9-16(14-21(20)28-23)24-25-18-4-1-2-5-19(18)26-24/h1-2,4-5,7-12,14,31H,3,6,13H2,(H,25,26)(H,27,28)(H,29,30). The van der Waals surface area contributed by atoms with Gasteiger partial charge in [0.25, 0.3) is 0 Å². The predicted molar refractivity (Wildman–Crippen MR) is 121 cm³/mol. The molecule has 0 bridgehead atoms. The number of hydrogen-bond donors (Lipinski definition) is 4. The number of H-pyrrole nitrogens is 2. The quantitative estimate of drug-likeness (QED) is 0.174. The molecule has 8 heteroatoms. The average Bonchev–Trinajstić information content (AvgIpc) is 3.45. The van der Waals surface area contributed by atoms with Crippen molar-refractivity contribution in [2.24, 2.45) is 0 Å². The van der Waals surface area contributed by atoms with E-state index in [1.54, 1.807) is 5.48 Å². The molecule has 0 aliphatic heterocycles. The van der Waals surface area contributed by atoms with Gasteiger partial charge in [-0.25, -0.2) is 15.4 Å². The van der Waals surface area contributed by atoms with Crippen molar-refractivity contribution >= 4 is 28.0 Å². The van der Waals surface area contributed by atoms with Gasteiger partial charge in [-0.3, -0.25) is 10.0 Å². The summed E-state index contributed by atoms with van der Waals surface area (Å²) in [6.45, 7) is 0.391. The fourth-order valence-electron chi connectivity index (χ4n) is 3.57. The van der Waals surface area contributed by atoms with Crippen molar-refractivity contribution < 1.29 is 14.7 Å². The molecule has 5 rings (SSSR count). The molecule has 0 radical (unpaired) electrons. The number of hydroxylamine groups is 1. The van der Waals surface area contributed by atoms with E-state index in [-0.39, 0.29) is 6.42 Å². The van der Waals surface area contributed by atoms with Crippen molar-refractivity contribution in [3.05, 3.63) is 66.7 Å². The number of ether oxygens (including phenoxy) is 1. The number of nitrogens with zero attached hydrogens (tertiary/aromatic N) is 2. The van der Waals surface area contributed by atoms with E-state index in [1.807, 2.05) is 66.7 Å². The smallest absolute Gasteiger partial charge is 0.243 e. The Labute approximate surface area is 183 Å². The normalized spacial score (nSPS) is 11.2. The summed E-state index contributed by atoms with van der Waals surface area (Å²) in [5.74, 6) is 1.88. The van der Waals surface area contributed by atoms with Crippen molar-refractivity contribution in [2.45, 2.75) is 12.8 Å². The highest BCUT2D eigenvalue weighted by molar-refractivity contribution is 5.85. The van der Waals surface area contributed by atoms with Crippen LogP contribution in [-0.2, 0) is 4.79 Å². The van der Waals surface area contributed by atoms with Crippen LogP contribution < -0.4 is 10.2 Å². The Hall–Kier alpha value is -4.17. The number of nitrogens with one attached hydrogen (secondary N) is 3. The third-order valence-corrected chi connectivity index (χ3v) is 5.21. The maximum atomic E-state index is 11.0. The summed E-state index contributed by atoms with van der Waals surface area (Å²) < 4.78 is 5.64. The molecule has 4 N–H and O–H groups in total. The minimum absolute atomic E-state index is 0.212. The van der Waals surface area contributed by atoms with Gasteiger partial charge in [-0.1, -0.05) is 12.1 Å². The molecular formula is C24H21N5O3. The highest BCUT2D eigenvalue weighted by Crippen LogP contribution is 2.27. The Bertz CT molecular complexity index is 1360. The molecule has 0 saturated heterocycles. The lowest BCUT2D eigenvalue weighted by molar-refractivity contribution is -0.129. The van der Waals surface area contributed by atoms with Crippen LogP contribution in [0.5, 0.6) is 5.75 Å². The summed E-state index contributed by atoms with van der Waals surface area (Å²) in [5.41, 5.74) is 7.29. The van der Waals surface area contributed by atoms with E-state index < -0.39 is 5.91 Å². The van der Waals surface area contributed by atoms with E-state index >= 15 is 0 Å². The van der Waals surface area contributed by atoms with Crippen LogP contribution in [0.4, 0.5) is 0 Å². The van der Waals surface area contributed by atoms with Crippen LogP contribution in [0.3, 0.4) is 0 Å². The number of benzene rings is 3. The van der Waals surface area contributed by atoms with Gasteiger partial charge in [0.05, 0.1) is 28.7 Å². The van der Waals surface area contributed by atoms with Crippen LogP contribution in [0.15, 0.2) is 66.7 Å². The topological polar surface area (TPSA) is 116 Å². The number of imidazole rings is 2. The van der Waals surface area contributed by atoms with Crippen LogP contribution in [0.25, 0.3) is 44.8 Å². The van der Waals surface area contributed by atoms with Crippen LogP contribution in [0, 0.1) is 0 Å². The van der Waals surface area contributed by atoms with Gasteiger partial charge < -0.3 is 14.7 Å². The van der Waals surface area contributed by atoms with Gasteiger partial charge in [0.1, 0.15) is 17.4 Å². The molecule has 160 valence electrons. The van der Waals surface area contributed by atoms with Crippen molar-refractivity contribution in [2.75, 3.05) is 6.61 Å². The fraction of sp³-hybridized carbons (Fsp3) is 0.125. The second kappa shape index (κ2) is 8.52. The molecule has 0 fully saturated rings. The number of carbonyl (C=O) groups excluding carboxylic acids is 1. The molecule has 3 aromatic carbocycles. The maximum Gasteiger partial charge on any atom is 0.243 e. The van der Waals surface area contributed by atoms with E-state index in [1.165, 1.54) is 0 Å². The van der Waals surface area contributed by atoms with Crippen LogP contribution in [0.1, 0.15) is 12.8 Å². The van der Waals surface area contributed by atoms with Gasteiger partial charge >= 0.3 is 0 Å². The first-order valence-corrected chi connectivity index (χ1v) is 10.3. The number of aromatic nitrogens is 4. The van der Waals surface area contributed by atoms with E-state index in [9.17, 15) is 4.79 Å². The molecule has 0 spiro atoms. The Morgan fingerprint density at radius 3 is 2.34 bits per heavy atom. The molecule has 5 aromatic rings. The highest BCUT2D eigenvalue weighted by Gasteiger charge is 2.10. The van der Waals surface area contributed by atoms with Crippen LogP contribution >= 0.6 is 0 Å². The highest BCUT2D eigenvalue weighted by atomic mass is 16.5. The van der Waals surface area contributed by atoms with Gasteiger partial charge in [0.2, 0.25) is 5.91 Å². The zero-order valence-electron chi connectivity index (χ0n) is 17.1. The minimum atomic E-state index is -0.419. The van der Waals surface area contributed by atoms with Crippen molar-refractivity contribution in [3.63, 3.8) is 0 Å². The number of fused-ring (bicyclic) bond motifs is 2. The number of aromatic amines is 2. The molecule has 0 unspecified atom stereocenters. The fourth-order valence-corrected chi connectivity index (χ4v) is 3.57. The van der Waals surface area contributed by atoms with Gasteiger partial charge in [-0.2, -0.15) is 0 Å². The first-order valence-electron chi connectivity index (χ1n) is 10.3. The third kappa shape index (κ3) is 4.03. The van der Waals surface area contributed by atoms with E-state index in [4.69, 9.17) is 14.9 Å². The van der Waals surface area contributed by atoms with Gasteiger partial charge in [-0.05, 0) is 61.0 Å². The van der Waals surface area contributed by atoms with Crippen molar-refractivity contribution in [1.82, 2.24) is 25.4 Å². The van der Waals surface area contributed by atoms with Crippen LogP contribution in [0.2, 0.25) is 0 Å². The molecule has 8 nitrogen and oxygen atoms in total. The number of rotatable bonds is 7. The summed E-state index contributed by atoms with van der Waals surface area (Å²) in [4.78, 5) is 27.1. The average molecular weight is 427 g/mol. The molecular weight excluding hydrogens is 406 g/mol. The Morgan fingerprint density at radius 1 is 0.875 bits per heavy atom. The lowest BCUT2D eigenvalue weighted by Crippen LogP contribution is -2.18.